The Hall–Kier alpha value is -3.96. The number of alkyl halides is 6. The van der Waals surface area contributed by atoms with Crippen LogP contribution in [-0.4, -0.2) is 24.1 Å². The highest BCUT2D eigenvalue weighted by Crippen LogP contribution is 2.33. The van der Waals surface area contributed by atoms with E-state index in [1.807, 2.05) is 0 Å². The van der Waals surface area contributed by atoms with Crippen molar-refractivity contribution in [2.45, 2.75) is 37.4 Å². The topological polar surface area (TPSA) is 52.6 Å². The summed E-state index contributed by atoms with van der Waals surface area (Å²) in [6.07, 6.45) is -12.3. The number of esters is 2. The minimum Gasteiger partial charge on any atom is -0.454 e. The molecule has 0 aromatic heterocycles. The number of benzene rings is 3. The molecule has 0 radical (unpaired) electrons. The van der Waals surface area contributed by atoms with Crippen LogP contribution in [-0.2, 0) is 34.7 Å². The van der Waals surface area contributed by atoms with Crippen LogP contribution in [0, 0.1) is 11.6 Å². The second kappa shape index (κ2) is 10.1. The zero-order valence-electron chi connectivity index (χ0n) is 19.0. The Labute approximate surface area is 209 Å². The molecule has 0 bridgehead atoms. The zero-order chi connectivity index (χ0) is 27.8. The van der Waals surface area contributed by atoms with Gasteiger partial charge in [-0.3, -0.25) is 0 Å². The van der Waals surface area contributed by atoms with Crippen LogP contribution in [0.3, 0.4) is 0 Å². The Kier molecular flexibility index (Phi) is 7.18. The average Bonchev–Trinajstić information content (AvgIpc) is 2.82. The summed E-state index contributed by atoms with van der Waals surface area (Å²) in [5.74, 6) is -5.76. The van der Waals surface area contributed by atoms with Gasteiger partial charge in [-0.05, 0) is 47.5 Å². The summed E-state index contributed by atoms with van der Waals surface area (Å²) in [7, 11) is 0. The minimum absolute atomic E-state index is 0.00431. The van der Waals surface area contributed by atoms with Gasteiger partial charge in [-0.1, -0.05) is 24.3 Å². The van der Waals surface area contributed by atoms with Crippen LogP contribution in [0.5, 0.6) is 0 Å². The molecule has 12 heteroatoms. The number of carbonyl (C=O) groups excluding carboxylic acids is 2. The number of hydrogen-bond acceptors (Lipinski definition) is 4. The number of ether oxygens (including phenoxy) is 2. The SMILES string of the molecule is O=C(O[C@H]1Cc2ccccc2C[C@H]1OC(=O)c1ccc(C(F)(F)F)c(F)c1)c1ccc(C(F)(F)F)c(F)c1. The van der Waals surface area contributed by atoms with E-state index >= 15 is 0 Å². The van der Waals surface area contributed by atoms with Crippen molar-refractivity contribution in [2.24, 2.45) is 0 Å². The number of fused-ring (bicyclic) bond motifs is 1. The van der Waals surface area contributed by atoms with Gasteiger partial charge in [0.25, 0.3) is 0 Å². The lowest BCUT2D eigenvalue weighted by Gasteiger charge is -2.32. The highest BCUT2D eigenvalue weighted by Gasteiger charge is 2.38. The van der Waals surface area contributed by atoms with Crippen molar-refractivity contribution in [1.82, 2.24) is 0 Å². The van der Waals surface area contributed by atoms with Crippen molar-refractivity contribution in [3.8, 4) is 0 Å². The monoisotopic (exact) mass is 544 g/mol. The van der Waals surface area contributed by atoms with Crippen LogP contribution in [0.1, 0.15) is 43.0 Å². The molecule has 4 rings (SSSR count). The number of carbonyl (C=O) groups is 2. The molecule has 200 valence electrons. The van der Waals surface area contributed by atoms with E-state index < -0.39 is 70.4 Å². The molecule has 4 nitrogen and oxygen atoms in total. The molecule has 3 aromatic rings. The van der Waals surface area contributed by atoms with E-state index in [1.54, 1.807) is 24.3 Å². The Morgan fingerprint density at radius 3 is 1.32 bits per heavy atom. The molecule has 38 heavy (non-hydrogen) atoms. The Morgan fingerprint density at radius 1 is 0.632 bits per heavy atom. The maximum absolute atomic E-state index is 14.0. The molecule has 0 heterocycles. The van der Waals surface area contributed by atoms with Crippen molar-refractivity contribution in [2.75, 3.05) is 0 Å². The van der Waals surface area contributed by atoms with Gasteiger partial charge >= 0.3 is 24.3 Å². The van der Waals surface area contributed by atoms with Gasteiger partial charge in [-0.2, -0.15) is 26.3 Å². The molecule has 0 spiro atoms. The van der Waals surface area contributed by atoms with Crippen molar-refractivity contribution in [3.63, 3.8) is 0 Å². The summed E-state index contributed by atoms with van der Waals surface area (Å²) in [5.41, 5.74) is -2.78. The van der Waals surface area contributed by atoms with Crippen molar-refractivity contribution in [1.29, 1.82) is 0 Å². The maximum atomic E-state index is 14.0. The summed E-state index contributed by atoms with van der Waals surface area (Å²) in [5, 5.41) is 0. The maximum Gasteiger partial charge on any atom is 0.419 e. The van der Waals surface area contributed by atoms with E-state index in [2.05, 4.69) is 0 Å². The van der Waals surface area contributed by atoms with Gasteiger partial charge < -0.3 is 9.47 Å². The summed E-state index contributed by atoms with van der Waals surface area (Å²) >= 11 is 0. The lowest BCUT2D eigenvalue weighted by atomic mass is 9.87. The van der Waals surface area contributed by atoms with Crippen molar-refractivity contribution < 1.29 is 54.2 Å². The summed E-state index contributed by atoms with van der Waals surface area (Å²) in [6, 6.07) is 9.78. The van der Waals surface area contributed by atoms with Crippen LogP contribution in [0.4, 0.5) is 35.1 Å². The van der Waals surface area contributed by atoms with Gasteiger partial charge in [0.05, 0.1) is 22.3 Å². The number of rotatable bonds is 4. The first kappa shape index (κ1) is 27.1. The van der Waals surface area contributed by atoms with Crippen LogP contribution in [0.15, 0.2) is 60.7 Å². The van der Waals surface area contributed by atoms with Gasteiger partial charge in [0.2, 0.25) is 0 Å². The first-order chi connectivity index (χ1) is 17.7. The van der Waals surface area contributed by atoms with Gasteiger partial charge in [0, 0.05) is 12.8 Å². The van der Waals surface area contributed by atoms with Crippen molar-refractivity contribution >= 4 is 11.9 Å². The molecule has 1 aliphatic carbocycles. The van der Waals surface area contributed by atoms with Gasteiger partial charge in [0.15, 0.2) is 0 Å². The van der Waals surface area contributed by atoms with E-state index in [0.29, 0.717) is 35.4 Å². The normalized spacial score (nSPS) is 17.5. The molecule has 1 aliphatic rings. The Bertz CT molecular complexity index is 1280. The molecule has 0 aliphatic heterocycles. The quantitative estimate of drug-likeness (QED) is 0.276. The van der Waals surface area contributed by atoms with Gasteiger partial charge in [-0.15, -0.1) is 0 Å². The Balaban J connectivity index is 1.57. The Morgan fingerprint density at radius 2 is 1.00 bits per heavy atom. The second-order valence-electron chi connectivity index (χ2n) is 8.45. The van der Waals surface area contributed by atoms with E-state index in [0.717, 1.165) is 12.1 Å². The fourth-order valence-corrected chi connectivity index (χ4v) is 4.04. The predicted octanol–water partition coefficient (Wildman–Crippen LogP) is 6.55. The molecular formula is C26H16F8O4. The van der Waals surface area contributed by atoms with Gasteiger partial charge in [0.1, 0.15) is 23.8 Å². The third-order valence-corrected chi connectivity index (χ3v) is 5.91. The first-order valence-electron chi connectivity index (χ1n) is 11.0. The van der Waals surface area contributed by atoms with E-state index in [-0.39, 0.29) is 12.8 Å². The molecule has 0 amide bonds. The average molecular weight is 544 g/mol. The number of halogens is 8. The summed E-state index contributed by atoms with van der Waals surface area (Å²) in [4.78, 5) is 25.3. The highest BCUT2D eigenvalue weighted by atomic mass is 19.4. The predicted molar refractivity (Wildman–Crippen MR) is 115 cm³/mol. The fraction of sp³-hybridized carbons (Fsp3) is 0.231. The molecule has 0 unspecified atom stereocenters. The van der Waals surface area contributed by atoms with Crippen LogP contribution < -0.4 is 0 Å². The van der Waals surface area contributed by atoms with Gasteiger partial charge in [-0.25, -0.2) is 18.4 Å². The van der Waals surface area contributed by atoms with E-state index in [1.165, 1.54) is 0 Å². The van der Waals surface area contributed by atoms with Crippen LogP contribution in [0.25, 0.3) is 0 Å². The molecular weight excluding hydrogens is 528 g/mol. The summed E-state index contributed by atoms with van der Waals surface area (Å²) < 4.78 is 116. The molecule has 3 aromatic carbocycles. The minimum atomic E-state index is -4.98. The summed E-state index contributed by atoms with van der Waals surface area (Å²) in [6.45, 7) is 0. The van der Waals surface area contributed by atoms with Crippen LogP contribution in [0.2, 0.25) is 0 Å². The fourth-order valence-electron chi connectivity index (χ4n) is 4.04. The third-order valence-electron chi connectivity index (χ3n) is 5.91. The molecule has 2 atom stereocenters. The lowest BCUT2D eigenvalue weighted by Crippen LogP contribution is -2.41. The number of hydrogen-bond donors (Lipinski definition) is 0. The standard InChI is InChI=1S/C26H16F8O4/c27-19-9-15(5-7-17(19)25(29,30)31)23(35)37-21-11-13-3-1-2-4-14(13)12-22(21)38-24(36)16-6-8-18(20(28)10-16)26(32,33)34/h1-10,21-22H,11-12H2/t21-,22+. The van der Waals surface area contributed by atoms with E-state index in [9.17, 15) is 44.7 Å². The molecule has 0 saturated heterocycles. The first-order valence-corrected chi connectivity index (χ1v) is 11.0. The second-order valence-corrected chi connectivity index (χ2v) is 8.45. The molecule has 0 saturated carbocycles. The molecule has 0 N–H and O–H groups in total. The van der Waals surface area contributed by atoms with Crippen LogP contribution >= 0.6 is 0 Å². The van der Waals surface area contributed by atoms with Crippen molar-refractivity contribution in [3.05, 3.63) is 106 Å². The third kappa shape index (κ3) is 5.79. The van der Waals surface area contributed by atoms with E-state index in [4.69, 9.17) is 9.47 Å². The highest BCUT2D eigenvalue weighted by molar-refractivity contribution is 5.90. The zero-order valence-corrected chi connectivity index (χ0v) is 19.0. The molecule has 0 fully saturated rings. The lowest BCUT2D eigenvalue weighted by molar-refractivity contribution is -0.140. The smallest absolute Gasteiger partial charge is 0.419 e. The largest absolute Gasteiger partial charge is 0.454 e.